The molecule has 1 aromatic carbocycles. The van der Waals surface area contributed by atoms with E-state index < -0.39 is 0 Å². The molecule has 0 amide bonds. The predicted octanol–water partition coefficient (Wildman–Crippen LogP) is 2.74. The van der Waals surface area contributed by atoms with Gasteiger partial charge in [0.15, 0.2) is 11.6 Å². The number of furan rings is 1. The SMILES string of the molecule is COc1ccc(F)c(CN2CCc3c(nc(-c4ccco4)[nH]c3=O)C2)c1. The zero-order valence-electron chi connectivity index (χ0n) is 14.3. The molecule has 1 aliphatic heterocycles. The minimum Gasteiger partial charge on any atom is -0.497 e. The van der Waals surface area contributed by atoms with Crippen LogP contribution in [0.2, 0.25) is 0 Å². The van der Waals surface area contributed by atoms with Crippen LogP contribution in [-0.2, 0) is 19.5 Å². The maximum Gasteiger partial charge on any atom is 0.254 e. The number of ether oxygens (including phenoxy) is 1. The first-order chi connectivity index (χ1) is 12.6. The van der Waals surface area contributed by atoms with Crippen molar-refractivity contribution < 1.29 is 13.5 Å². The van der Waals surface area contributed by atoms with Crippen molar-refractivity contribution in [3.8, 4) is 17.3 Å². The fourth-order valence-electron chi connectivity index (χ4n) is 3.20. The van der Waals surface area contributed by atoms with E-state index in [1.165, 1.54) is 12.3 Å². The maximum absolute atomic E-state index is 14.1. The van der Waals surface area contributed by atoms with E-state index in [1.54, 1.807) is 31.4 Å². The van der Waals surface area contributed by atoms with Crippen LogP contribution < -0.4 is 10.3 Å². The Morgan fingerprint density at radius 2 is 2.27 bits per heavy atom. The second kappa shape index (κ2) is 6.76. The van der Waals surface area contributed by atoms with Gasteiger partial charge in [-0.15, -0.1) is 0 Å². The summed E-state index contributed by atoms with van der Waals surface area (Å²) < 4.78 is 24.6. The molecule has 7 heteroatoms. The molecule has 0 radical (unpaired) electrons. The number of hydrogen-bond acceptors (Lipinski definition) is 5. The number of hydrogen-bond donors (Lipinski definition) is 1. The molecule has 0 saturated heterocycles. The number of benzene rings is 1. The number of aromatic nitrogens is 2. The van der Waals surface area contributed by atoms with E-state index in [1.807, 2.05) is 0 Å². The molecule has 0 aliphatic carbocycles. The second-order valence-corrected chi connectivity index (χ2v) is 6.24. The van der Waals surface area contributed by atoms with Gasteiger partial charge >= 0.3 is 0 Å². The van der Waals surface area contributed by atoms with Gasteiger partial charge in [0.25, 0.3) is 5.56 Å². The summed E-state index contributed by atoms with van der Waals surface area (Å²) in [6.45, 7) is 1.56. The Morgan fingerprint density at radius 1 is 1.38 bits per heavy atom. The normalized spacial score (nSPS) is 14.2. The number of nitrogens with one attached hydrogen (secondary N) is 1. The maximum atomic E-state index is 14.1. The standard InChI is InChI=1S/C19H18FN3O3/c1-25-13-4-5-15(20)12(9-13)10-23-7-6-14-16(11-23)21-18(22-19(14)24)17-3-2-8-26-17/h2-5,8-9H,6-7,10-11H2,1H3,(H,21,22,24). The molecule has 0 saturated carbocycles. The second-order valence-electron chi connectivity index (χ2n) is 6.24. The predicted molar refractivity (Wildman–Crippen MR) is 93.3 cm³/mol. The molecule has 0 unspecified atom stereocenters. The summed E-state index contributed by atoms with van der Waals surface area (Å²) in [4.78, 5) is 21.7. The van der Waals surface area contributed by atoms with Gasteiger partial charge in [0.1, 0.15) is 11.6 Å². The number of rotatable bonds is 4. The van der Waals surface area contributed by atoms with E-state index in [9.17, 15) is 9.18 Å². The molecule has 6 nitrogen and oxygen atoms in total. The smallest absolute Gasteiger partial charge is 0.254 e. The fraction of sp³-hybridized carbons (Fsp3) is 0.263. The number of halogens is 1. The first-order valence-electron chi connectivity index (χ1n) is 8.35. The number of H-pyrrole nitrogens is 1. The highest BCUT2D eigenvalue weighted by atomic mass is 19.1. The van der Waals surface area contributed by atoms with Crippen molar-refractivity contribution >= 4 is 0 Å². The van der Waals surface area contributed by atoms with Gasteiger partial charge < -0.3 is 14.1 Å². The van der Waals surface area contributed by atoms with Crippen molar-refractivity contribution in [3.63, 3.8) is 0 Å². The third-order valence-corrected chi connectivity index (χ3v) is 4.55. The Balaban J connectivity index is 1.60. The largest absolute Gasteiger partial charge is 0.497 e. The Morgan fingerprint density at radius 3 is 3.04 bits per heavy atom. The summed E-state index contributed by atoms with van der Waals surface area (Å²) in [5.41, 5.74) is 1.80. The van der Waals surface area contributed by atoms with Crippen molar-refractivity contribution in [2.45, 2.75) is 19.5 Å². The summed E-state index contributed by atoms with van der Waals surface area (Å²) in [5.74, 6) is 1.27. The molecule has 0 fully saturated rings. The van der Waals surface area contributed by atoms with Crippen LogP contribution in [-0.4, -0.2) is 28.5 Å². The van der Waals surface area contributed by atoms with Crippen LogP contribution in [0.1, 0.15) is 16.8 Å². The van der Waals surface area contributed by atoms with E-state index in [0.29, 0.717) is 60.2 Å². The van der Waals surface area contributed by atoms with Gasteiger partial charge in [0.2, 0.25) is 0 Å². The third-order valence-electron chi connectivity index (χ3n) is 4.55. The lowest BCUT2D eigenvalue weighted by molar-refractivity contribution is 0.237. The molecule has 26 heavy (non-hydrogen) atoms. The quantitative estimate of drug-likeness (QED) is 0.779. The molecular formula is C19H18FN3O3. The number of aromatic amines is 1. The molecule has 4 rings (SSSR count). The van der Waals surface area contributed by atoms with Gasteiger partial charge in [0, 0.05) is 30.8 Å². The van der Waals surface area contributed by atoms with Crippen molar-refractivity contribution in [1.29, 1.82) is 0 Å². The molecule has 0 bridgehead atoms. The van der Waals surface area contributed by atoms with E-state index in [0.717, 1.165) is 0 Å². The van der Waals surface area contributed by atoms with Crippen molar-refractivity contribution in [2.24, 2.45) is 0 Å². The first kappa shape index (κ1) is 16.5. The van der Waals surface area contributed by atoms with Gasteiger partial charge in [-0.05, 0) is 36.8 Å². The number of nitrogens with zero attached hydrogens (tertiary/aromatic N) is 2. The molecular weight excluding hydrogens is 337 g/mol. The number of methoxy groups -OCH3 is 1. The van der Waals surface area contributed by atoms with Crippen LogP contribution in [0.15, 0.2) is 45.8 Å². The van der Waals surface area contributed by atoms with E-state index >= 15 is 0 Å². The Bertz CT molecular complexity index is 982. The van der Waals surface area contributed by atoms with Crippen molar-refractivity contribution in [3.05, 3.63) is 69.6 Å². The molecule has 3 aromatic rings. The van der Waals surface area contributed by atoms with Crippen molar-refractivity contribution in [2.75, 3.05) is 13.7 Å². The third kappa shape index (κ3) is 3.13. The number of fused-ring (bicyclic) bond motifs is 1. The Labute approximate surface area is 149 Å². The lowest BCUT2D eigenvalue weighted by Crippen LogP contribution is -2.35. The Hall–Kier alpha value is -2.93. The molecule has 0 atom stereocenters. The molecule has 2 aromatic heterocycles. The summed E-state index contributed by atoms with van der Waals surface area (Å²) in [6, 6.07) is 8.19. The van der Waals surface area contributed by atoms with E-state index in [-0.39, 0.29) is 11.4 Å². The van der Waals surface area contributed by atoms with Crippen LogP contribution >= 0.6 is 0 Å². The monoisotopic (exact) mass is 355 g/mol. The molecule has 1 N–H and O–H groups in total. The van der Waals surface area contributed by atoms with E-state index in [2.05, 4.69) is 14.9 Å². The molecule has 1 aliphatic rings. The summed E-state index contributed by atoms with van der Waals surface area (Å²) in [5, 5.41) is 0. The van der Waals surface area contributed by atoms with Crippen LogP contribution in [0.3, 0.4) is 0 Å². The van der Waals surface area contributed by atoms with E-state index in [4.69, 9.17) is 9.15 Å². The van der Waals surface area contributed by atoms with Crippen LogP contribution in [0.5, 0.6) is 5.75 Å². The first-order valence-corrected chi connectivity index (χ1v) is 8.35. The Kier molecular flexibility index (Phi) is 4.30. The van der Waals surface area contributed by atoms with Gasteiger partial charge in [-0.3, -0.25) is 9.69 Å². The summed E-state index contributed by atoms with van der Waals surface area (Å²) in [7, 11) is 1.56. The lowest BCUT2D eigenvalue weighted by Gasteiger charge is -2.27. The fourth-order valence-corrected chi connectivity index (χ4v) is 3.20. The van der Waals surface area contributed by atoms with Gasteiger partial charge in [-0.25, -0.2) is 9.37 Å². The topological polar surface area (TPSA) is 71.4 Å². The zero-order chi connectivity index (χ0) is 18.1. The van der Waals surface area contributed by atoms with Gasteiger partial charge in [-0.1, -0.05) is 0 Å². The van der Waals surface area contributed by atoms with Gasteiger partial charge in [-0.2, -0.15) is 0 Å². The summed E-state index contributed by atoms with van der Waals surface area (Å²) >= 11 is 0. The molecule has 3 heterocycles. The lowest BCUT2D eigenvalue weighted by atomic mass is 10.1. The zero-order valence-corrected chi connectivity index (χ0v) is 14.3. The van der Waals surface area contributed by atoms with Crippen LogP contribution in [0.4, 0.5) is 4.39 Å². The average Bonchev–Trinajstić information content (AvgIpc) is 3.18. The highest BCUT2D eigenvalue weighted by molar-refractivity contribution is 5.47. The minimum atomic E-state index is -0.272. The van der Waals surface area contributed by atoms with Crippen molar-refractivity contribution in [1.82, 2.24) is 14.9 Å². The summed E-state index contributed by atoms with van der Waals surface area (Å²) in [6.07, 6.45) is 2.11. The highest BCUT2D eigenvalue weighted by Crippen LogP contribution is 2.23. The van der Waals surface area contributed by atoms with Crippen LogP contribution in [0, 0.1) is 5.82 Å². The van der Waals surface area contributed by atoms with Crippen LogP contribution in [0.25, 0.3) is 11.6 Å². The molecule has 0 spiro atoms. The minimum absolute atomic E-state index is 0.145. The van der Waals surface area contributed by atoms with Gasteiger partial charge in [0.05, 0.1) is 19.1 Å². The highest BCUT2D eigenvalue weighted by Gasteiger charge is 2.22. The average molecular weight is 355 g/mol. The molecule has 134 valence electrons.